The highest BCUT2D eigenvalue weighted by Crippen LogP contribution is 2.24. The molecule has 1 atom stereocenters. The number of hydrogen-bond acceptors (Lipinski definition) is 2. The molecule has 0 bridgehead atoms. The van der Waals surface area contributed by atoms with Crippen molar-refractivity contribution in [2.75, 3.05) is 0 Å². The molecular weight excluding hydrogens is 253 g/mol. The molecule has 0 saturated carbocycles. The van der Waals surface area contributed by atoms with E-state index in [2.05, 4.69) is 5.43 Å². The van der Waals surface area contributed by atoms with Gasteiger partial charge in [0.15, 0.2) is 0 Å². The molecular formula is C11H14ClF3N2. The molecule has 3 N–H and O–H groups in total. The summed E-state index contributed by atoms with van der Waals surface area (Å²) < 4.78 is 36.2. The van der Waals surface area contributed by atoms with Crippen molar-refractivity contribution < 1.29 is 13.2 Å². The second-order valence-corrected chi connectivity index (χ2v) is 4.22. The monoisotopic (exact) mass is 266 g/mol. The van der Waals surface area contributed by atoms with Gasteiger partial charge in [-0.1, -0.05) is 29.8 Å². The van der Waals surface area contributed by atoms with E-state index in [1.54, 1.807) is 24.3 Å². The van der Waals surface area contributed by atoms with Crippen LogP contribution >= 0.6 is 11.6 Å². The number of nitrogens with one attached hydrogen (secondary N) is 1. The minimum absolute atomic E-state index is 0.0643. The van der Waals surface area contributed by atoms with E-state index in [1.807, 2.05) is 0 Å². The first-order chi connectivity index (χ1) is 7.92. The molecule has 2 nitrogen and oxygen atoms in total. The minimum atomic E-state index is -4.16. The van der Waals surface area contributed by atoms with Gasteiger partial charge in [0.2, 0.25) is 0 Å². The van der Waals surface area contributed by atoms with Gasteiger partial charge in [-0.15, -0.1) is 0 Å². The Bertz CT molecular complexity index is 355. The maximum atomic E-state index is 12.1. The normalized spacial score (nSPS) is 13.7. The molecule has 1 aromatic rings. The van der Waals surface area contributed by atoms with E-state index >= 15 is 0 Å². The number of halogens is 4. The zero-order chi connectivity index (χ0) is 12.9. The van der Waals surface area contributed by atoms with Gasteiger partial charge in [0.25, 0.3) is 0 Å². The van der Waals surface area contributed by atoms with E-state index in [0.29, 0.717) is 11.4 Å². The lowest BCUT2D eigenvalue weighted by atomic mass is 10.0. The Morgan fingerprint density at radius 1 is 1.29 bits per heavy atom. The van der Waals surface area contributed by atoms with E-state index < -0.39 is 18.6 Å². The molecule has 0 aromatic heterocycles. The second kappa shape index (κ2) is 6.23. The Morgan fingerprint density at radius 3 is 2.47 bits per heavy atom. The van der Waals surface area contributed by atoms with Crippen LogP contribution in [0.4, 0.5) is 13.2 Å². The zero-order valence-corrected chi connectivity index (χ0v) is 9.85. The largest absolute Gasteiger partial charge is 0.389 e. The van der Waals surface area contributed by atoms with E-state index in [9.17, 15) is 13.2 Å². The van der Waals surface area contributed by atoms with Crippen LogP contribution in [-0.2, 0) is 6.42 Å². The molecule has 6 heteroatoms. The third-order valence-electron chi connectivity index (χ3n) is 2.44. The Kier molecular flexibility index (Phi) is 5.24. The van der Waals surface area contributed by atoms with Crippen molar-refractivity contribution in [1.82, 2.24) is 5.43 Å². The lowest BCUT2D eigenvalue weighted by Gasteiger charge is -2.17. The van der Waals surface area contributed by atoms with Crippen LogP contribution in [0.25, 0.3) is 0 Å². The van der Waals surface area contributed by atoms with Crippen LogP contribution < -0.4 is 11.3 Å². The molecule has 1 unspecified atom stereocenters. The van der Waals surface area contributed by atoms with Crippen molar-refractivity contribution in [2.45, 2.75) is 31.5 Å². The molecule has 0 aliphatic heterocycles. The van der Waals surface area contributed by atoms with Gasteiger partial charge in [-0.05, 0) is 24.5 Å². The van der Waals surface area contributed by atoms with Gasteiger partial charge >= 0.3 is 6.18 Å². The van der Waals surface area contributed by atoms with Crippen LogP contribution in [0.2, 0.25) is 5.02 Å². The summed E-state index contributed by atoms with van der Waals surface area (Å²) in [5.74, 6) is 5.24. The highest BCUT2D eigenvalue weighted by Gasteiger charge is 2.28. The van der Waals surface area contributed by atoms with E-state index in [1.165, 1.54) is 0 Å². The first-order valence-corrected chi connectivity index (χ1v) is 5.56. The van der Waals surface area contributed by atoms with Gasteiger partial charge in [0, 0.05) is 17.5 Å². The molecule has 0 amide bonds. The van der Waals surface area contributed by atoms with Crippen LogP contribution in [0, 0.1) is 0 Å². The second-order valence-electron chi connectivity index (χ2n) is 3.81. The molecule has 1 rings (SSSR count). The molecule has 17 heavy (non-hydrogen) atoms. The van der Waals surface area contributed by atoms with Gasteiger partial charge in [-0.25, -0.2) is 0 Å². The summed E-state index contributed by atoms with van der Waals surface area (Å²) in [6, 6.07) is 6.61. The molecule has 0 aliphatic carbocycles. The Balaban J connectivity index is 2.56. The van der Waals surface area contributed by atoms with Crippen LogP contribution in [0.3, 0.4) is 0 Å². The summed E-state index contributed by atoms with van der Waals surface area (Å²) in [6.45, 7) is 0. The molecule has 0 spiro atoms. The smallest absolute Gasteiger partial charge is 0.271 e. The maximum Gasteiger partial charge on any atom is 0.389 e. The fourth-order valence-corrected chi connectivity index (χ4v) is 1.72. The fourth-order valence-electron chi connectivity index (χ4n) is 1.51. The number of hydrogen-bond donors (Lipinski definition) is 2. The van der Waals surface area contributed by atoms with Crippen LogP contribution in [0.1, 0.15) is 18.4 Å². The SMILES string of the molecule is NNC(CCC(F)(F)F)Cc1ccccc1Cl. The summed E-state index contributed by atoms with van der Waals surface area (Å²) in [5, 5.41) is 0.541. The van der Waals surface area contributed by atoms with Crippen molar-refractivity contribution in [3.63, 3.8) is 0 Å². The standard InChI is InChI=1S/C11H14ClF3N2/c12-10-4-2-1-3-8(10)7-9(17-16)5-6-11(13,14)15/h1-4,9,17H,5-7,16H2. The molecule has 0 aliphatic rings. The predicted octanol–water partition coefficient (Wildman–Crippen LogP) is 3.06. The lowest BCUT2D eigenvalue weighted by molar-refractivity contribution is -0.136. The number of hydrazine groups is 1. The van der Waals surface area contributed by atoms with Crippen molar-refractivity contribution in [2.24, 2.45) is 5.84 Å². The fraction of sp³-hybridized carbons (Fsp3) is 0.455. The first kappa shape index (κ1) is 14.3. The highest BCUT2D eigenvalue weighted by atomic mass is 35.5. The van der Waals surface area contributed by atoms with Crippen LogP contribution in [0.5, 0.6) is 0 Å². The summed E-state index contributed by atoms with van der Waals surface area (Å²) in [6.07, 6.45) is -4.70. The first-order valence-electron chi connectivity index (χ1n) is 5.18. The predicted molar refractivity (Wildman–Crippen MR) is 61.6 cm³/mol. The van der Waals surface area contributed by atoms with Crippen LogP contribution in [0.15, 0.2) is 24.3 Å². The van der Waals surface area contributed by atoms with Gasteiger partial charge in [-0.3, -0.25) is 11.3 Å². The lowest BCUT2D eigenvalue weighted by Crippen LogP contribution is -2.37. The maximum absolute atomic E-state index is 12.1. The molecule has 1 aromatic carbocycles. The minimum Gasteiger partial charge on any atom is -0.271 e. The van der Waals surface area contributed by atoms with Gasteiger partial charge in [0.05, 0.1) is 0 Å². The molecule has 0 heterocycles. The van der Waals surface area contributed by atoms with E-state index in [-0.39, 0.29) is 6.42 Å². The van der Waals surface area contributed by atoms with Crippen molar-refractivity contribution in [1.29, 1.82) is 0 Å². The molecule has 0 radical (unpaired) electrons. The number of alkyl halides is 3. The van der Waals surface area contributed by atoms with E-state index in [0.717, 1.165) is 5.56 Å². The van der Waals surface area contributed by atoms with E-state index in [4.69, 9.17) is 17.4 Å². The summed E-state index contributed by atoms with van der Waals surface area (Å²) in [4.78, 5) is 0. The average molecular weight is 267 g/mol. The topological polar surface area (TPSA) is 38.0 Å². The van der Waals surface area contributed by atoms with Gasteiger partial charge in [0.1, 0.15) is 0 Å². The quantitative estimate of drug-likeness (QED) is 0.635. The summed E-state index contributed by atoms with van der Waals surface area (Å²) in [7, 11) is 0. The van der Waals surface area contributed by atoms with Crippen molar-refractivity contribution in [3.05, 3.63) is 34.9 Å². The van der Waals surface area contributed by atoms with Crippen molar-refractivity contribution in [3.8, 4) is 0 Å². The third kappa shape index (κ3) is 5.39. The number of rotatable bonds is 5. The van der Waals surface area contributed by atoms with Gasteiger partial charge < -0.3 is 0 Å². The zero-order valence-electron chi connectivity index (χ0n) is 9.10. The molecule has 96 valence electrons. The summed E-state index contributed by atoms with van der Waals surface area (Å²) in [5.41, 5.74) is 3.18. The third-order valence-corrected chi connectivity index (χ3v) is 2.80. The number of benzene rings is 1. The molecule has 0 saturated heterocycles. The highest BCUT2D eigenvalue weighted by molar-refractivity contribution is 6.31. The average Bonchev–Trinajstić information content (AvgIpc) is 2.25. The summed E-state index contributed by atoms with van der Waals surface area (Å²) >= 11 is 5.92. The van der Waals surface area contributed by atoms with Gasteiger partial charge in [-0.2, -0.15) is 13.2 Å². The Hall–Kier alpha value is -0.780. The number of nitrogens with two attached hydrogens (primary N) is 1. The Morgan fingerprint density at radius 2 is 1.94 bits per heavy atom. The Labute approximate surface area is 103 Å². The van der Waals surface area contributed by atoms with Crippen molar-refractivity contribution >= 4 is 11.6 Å². The molecule has 0 fully saturated rings. The van der Waals surface area contributed by atoms with Crippen LogP contribution in [-0.4, -0.2) is 12.2 Å².